The van der Waals surface area contributed by atoms with Crippen molar-refractivity contribution in [3.63, 3.8) is 0 Å². The summed E-state index contributed by atoms with van der Waals surface area (Å²) in [5.41, 5.74) is 3.69. The molecule has 4 atom stereocenters. The number of phenolic OH excluding ortho intramolecular Hbond substituents is 1. The van der Waals surface area contributed by atoms with Crippen LogP contribution in [0.5, 0.6) is 11.5 Å². The summed E-state index contributed by atoms with van der Waals surface area (Å²) in [7, 11) is 0. The van der Waals surface area contributed by atoms with Crippen LogP contribution in [0.15, 0.2) is 23.5 Å². The topological polar surface area (TPSA) is 29.5 Å². The Morgan fingerprint density at radius 3 is 2.67 bits per heavy atom. The summed E-state index contributed by atoms with van der Waals surface area (Å²) in [6, 6.07) is 4.24. The van der Waals surface area contributed by atoms with Crippen molar-refractivity contribution in [1.29, 1.82) is 0 Å². The lowest BCUT2D eigenvalue weighted by molar-refractivity contribution is 0.289. The van der Waals surface area contributed by atoms with Gasteiger partial charge in [0.1, 0.15) is 17.3 Å². The first kappa shape index (κ1) is 20.3. The van der Waals surface area contributed by atoms with E-state index in [1.807, 2.05) is 6.07 Å². The van der Waals surface area contributed by atoms with Gasteiger partial charge in [0.05, 0.1) is 0 Å². The zero-order valence-corrected chi connectivity index (χ0v) is 18.0. The highest BCUT2D eigenvalue weighted by atomic mass is 16.5. The van der Waals surface area contributed by atoms with Crippen molar-refractivity contribution in [2.24, 2.45) is 11.8 Å². The second kappa shape index (κ2) is 8.71. The van der Waals surface area contributed by atoms with Gasteiger partial charge in [0.15, 0.2) is 0 Å². The molecule has 0 saturated carbocycles. The smallest absolute Gasteiger partial charge is 0.134 e. The molecule has 1 N–H and O–H groups in total. The van der Waals surface area contributed by atoms with Crippen LogP contribution in [-0.4, -0.2) is 5.11 Å². The molecule has 2 nitrogen and oxygen atoms in total. The average molecular weight is 371 g/mol. The molecule has 0 amide bonds. The molecule has 0 fully saturated rings. The van der Waals surface area contributed by atoms with Crippen molar-refractivity contribution >= 4 is 0 Å². The average Bonchev–Trinajstić information content (AvgIpc) is 2.66. The number of phenols is 1. The maximum Gasteiger partial charge on any atom is 0.134 e. The lowest BCUT2D eigenvalue weighted by Crippen LogP contribution is -2.23. The Labute approximate surface area is 166 Å². The number of fused-ring (bicyclic) bond motifs is 1. The molecule has 0 bridgehead atoms. The minimum absolute atomic E-state index is 0.317. The monoisotopic (exact) mass is 370 g/mol. The molecule has 0 aromatic heterocycles. The van der Waals surface area contributed by atoms with Crippen LogP contribution < -0.4 is 4.74 Å². The molecule has 1 aromatic carbocycles. The van der Waals surface area contributed by atoms with Gasteiger partial charge in [0.2, 0.25) is 0 Å². The Hall–Kier alpha value is -1.44. The first-order chi connectivity index (χ1) is 13.0. The summed E-state index contributed by atoms with van der Waals surface area (Å²) < 4.78 is 6.45. The van der Waals surface area contributed by atoms with Gasteiger partial charge in [-0.2, -0.15) is 0 Å². The first-order valence-corrected chi connectivity index (χ1v) is 11.2. The molecule has 2 heteroatoms. The van der Waals surface area contributed by atoms with Gasteiger partial charge in [-0.1, -0.05) is 60.3 Å². The minimum atomic E-state index is 0.317. The third-order valence-electron chi connectivity index (χ3n) is 7.03. The van der Waals surface area contributed by atoms with Crippen LogP contribution in [0.2, 0.25) is 0 Å². The number of benzene rings is 1. The summed E-state index contributed by atoms with van der Waals surface area (Å²) in [5.74, 6) is 4.40. The van der Waals surface area contributed by atoms with Crippen LogP contribution in [0.3, 0.4) is 0 Å². The largest absolute Gasteiger partial charge is 0.507 e. The van der Waals surface area contributed by atoms with Crippen molar-refractivity contribution in [1.82, 2.24) is 0 Å². The van der Waals surface area contributed by atoms with Crippen molar-refractivity contribution in [3.05, 3.63) is 34.6 Å². The molecule has 27 heavy (non-hydrogen) atoms. The maximum absolute atomic E-state index is 10.9. The Morgan fingerprint density at radius 1 is 1.19 bits per heavy atom. The third kappa shape index (κ3) is 4.05. The third-order valence-corrected chi connectivity index (χ3v) is 7.03. The van der Waals surface area contributed by atoms with Gasteiger partial charge in [-0.05, 0) is 60.8 Å². The van der Waals surface area contributed by atoms with E-state index in [9.17, 15) is 5.11 Å². The van der Waals surface area contributed by atoms with E-state index < -0.39 is 0 Å². The van der Waals surface area contributed by atoms with E-state index in [-0.39, 0.29) is 0 Å². The highest BCUT2D eigenvalue weighted by Crippen LogP contribution is 2.51. The Bertz CT molecular complexity index is 688. The van der Waals surface area contributed by atoms with Gasteiger partial charge < -0.3 is 9.84 Å². The minimum Gasteiger partial charge on any atom is -0.507 e. The fourth-order valence-electron chi connectivity index (χ4n) is 5.05. The fourth-order valence-corrected chi connectivity index (χ4v) is 5.05. The molecule has 1 aliphatic carbocycles. The SMILES string of the molecule is CCCCCC(C)C(C)c1cc(O)c2c(c1)OC1=C(CCCC1C)C2CC. The van der Waals surface area contributed by atoms with Crippen molar-refractivity contribution < 1.29 is 9.84 Å². The summed E-state index contributed by atoms with van der Waals surface area (Å²) in [6.45, 7) is 11.4. The van der Waals surface area contributed by atoms with Gasteiger partial charge in [0, 0.05) is 17.4 Å². The van der Waals surface area contributed by atoms with Gasteiger partial charge in [-0.15, -0.1) is 0 Å². The molecule has 4 unspecified atom stereocenters. The van der Waals surface area contributed by atoms with Crippen molar-refractivity contribution in [3.8, 4) is 11.5 Å². The van der Waals surface area contributed by atoms with E-state index in [2.05, 4.69) is 40.7 Å². The normalized spacial score (nSPS) is 24.0. The zero-order chi connectivity index (χ0) is 19.6. The molecule has 1 heterocycles. The number of allylic oxidation sites excluding steroid dienone is 2. The molecular formula is C25H38O2. The molecule has 1 aliphatic heterocycles. The number of hydrogen-bond donors (Lipinski definition) is 1. The molecule has 0 saturated heterocycles. The van der Waals surface area contributed by atoms with Crippen molar-refractivity contribution in [2.45, 2.75) is 97.8 Å². The Balaban J connectivity index is 1.90. The second-order valence-corrected chi connectivity index (χ2v) is 8.96. The predicted octanol–water partition coefficient (Wildman–Crippen LogP) is 7.67. The predicted molar refractivity (Wildman–Crippen MR) is 114 cm³/mol. The lowest BCUT2D eigenvalue weighted by atomic mass is 9.76. The Kier molecular flexibility index (Phi) is 6.55. The van der Waals surface area contributed by atoms with Gasteiger partial charge in [-0.25, -0.2) is 0 Å². The standard InChI is InChI=1S/C25H38O2/c1-6-8-9-11-16(3)18(5)19-14-22(26)24-20(7-2)21-13-10-12-17(4)25(21)27-23(24)15-19/h14-18,20,26H,6-13H2,1-5H3. The van der Waals surface area contributed by atoms with Crippen LogP contribution in [0.25, 0.3) is 0 Å². The van der Waals surface area contributed by atoms with E-state index in [0.717, 1.165) is 24.2 Å². The highest BCUT2D eigenvalue weighted by Gasteiger charge is 2.35. The maximum atomic E-state index is 10.9. The molecule has 0 spiro atoms. The number of hydrogen-bond acceptors (Lipinski definition) is 2. The Morgan fingerprint density at radius 2 is 1.96 bits per heavy atom. The molecule has 0 radical (unpaired) electrons. The highest BCUT2D eigenvalue weighted by molar-refractivity contribution is 5.56. The molecule has 1 aromatic rings. The first-order valence-electron chi connectivity index (χ1n) is 11.2. The molecular weight excluding hydrogens is 332 g/mol. The van der Waals surface area contributed by atoms with Crippen molar-refractivity contribution in [2.75, 3.05) is 0 Å². The number of unbranched alkanes of at least 4 members (excludes halogenated alkanes) is 2. The van der Waals surface area contributed by atoms with Gasteiger partial charge in [0.25, 0.3) is 0 Å². The van der Waals surface area contributed by atoms with E-state index in [1.54, 1.807) is 0 Å². The summed E-state index contributed by atoms with van der Waals surface area (Å²) in [4.78, 5) is 0. The molecule has 2 aliphatic rings. The van der Waals surface area contributed by atoms with Crippen LogP contribution in [-0.2, 0) is 0 Å². The van der Waals surface area contributed by atoms with Crippen LogP contribution in [0.1, 0.15) is 109 Å². The fraction of sp³-hybridized carbons (Fsp3) is 0.680. The summed E-state index contributed by atoms with van der Waals surface area (Å²) >= 11 is 0. The van der Waals surface area contributed by atoms with E-state index in [0.29, 0.717) is 29.4 Å². The quantitative estimate of drug-likeness (QED) is 0.499. The summed E-state index contributed by atoms with van der Waals surface area (Å²) in [6.07, 6.45) is 9.70. The zero-order valence-electron chi connectivity index (χ0n) is 18.0. The van der Waals surface area contributed by atoms with Gasteiger partial charge in [-0.3, -0.25) is 0 Å². The number of ether oxygens (including phenoxy) is 1. The number of rotatable bonds is 7. The second-order valence-electron chi connectivity index (χ2n) is 8.96. The number of aromatic hydroxyl groups is 1. The van der Waals surface area contributed by atoms with Gasteiger partial charge >= 0.3 is 0 Å². The summed E-state index contributed by atoms with van der Waals surface area (Å²) in [5, 5.41) is 10.9. The van der Waals surface area contributed by atoms with Crippen LogP contribution in [0, 0.1) is 11.8 Å². The van der Waals surface area contributed by atoms with E-state index in [4.69, 9.17) is 4.74 Å². The van der Waals surface area contributed by atoms with E-state index >= 15 is 0 Å². The molecule has 3 rings (SSSR count). The van der Waals surface area contributed by atoms with E-state index in [1.165, 1.54) is 55.4 Å². The lowest BCUT2D eigenvalue weighted by Gasteiger charge is -2.36. The van der Waals surface area contributed by atoms with Crippen LogP contribution >= 0.6 is 0 Å². The van der Waals surface area contributed by atoms with Crippen LogP contribution in [0.4, 0.5) is 0 Å². The molecule has 150 valence electrons.